The summed E-state index contributed by atoms with van der Waals surface area (Å²) >= 11 is 0. The van der Waals surface area contributed by atoms with Crippen molar-refractivity contribution in [3.05, 3.63) is 4.13 Å². The highest BCUT2D eigenvalue weighted by atomic mass is 32.3. The molecule has 0 bridgehead atoms. The Labute approximate surface area is 136 Å². The van der Waals surface area contributed by atoms with Crippen LogP contribution in [0.15, 0.2) is 0 Å². The third kappa shape index (κ3) is 6.04. The molecule has 0 aromatic heterocycles. The van der Waals surface area contributed by atoms with Gasteiger partial charge in [-0.1, -0.05) is 0 Å². The van der Waals surface area contributed by atoms with E-state index in [-0.39, 0.29) is 0 Å². The number of likely N-dealkylation sites (tertiary alicyclic amines) is 1. The summed E-state index contributed by atoms with van der Waals surface area (Å²) in [5.74, 6) is 0. The topological polar surface area (TPSA) is 82.4 Å². The Morgan fingerprint density at radius 1 is 0.792 bits per heavy atom. The van der Waals surface area contributed by atoms with E-state index >= 15 is 0 Å². The number of rotatable bonds is 4. The van der Waals surface area contributed by atoms with Gasteiger partial charge in [-0.25, -0.2) is 16.8 Å². The van der Waals surface area contributed by atoms with Gasteiger partial charge in [-0.15, -0.1) is 0 Å². The number of sulfonamides is 2. The second kappa shape index (κ2) is 7.74. The Morgan fingerprint density at radius 2 is 1.08 bits per heavy atom. The molecule has 146 valence electrons. The molecule has 14 heteroatoms. The van der Waals surface area contributed by atoms with Crippen molar-refractivity contribution < 1.29 is 47.7 Å². The largest absolute Gasteiger partial charge is 0.480 e. The number of nitrogens with zero attached hydrogens (tertiary/aromatic N) is 2. The third-order valence-electron chi connectivity index (χ3n) is 3.64. The predicted molar refractivity (Wildman–Crippen MR) is 73.6 cm³/mol. The van der Waals surface area contributed by atoms with Crippen molar-refractivity contribution >= 4 is 20.0 Å². The number of quaternary nitrogens is 1. The number of halogens is 6. The van der Waals surface area contributed by atoms with Gasteiger partial charge < -0.3 is 8.61 Å². The minimum atomic E-state index is -6.72. The molecule has 1 saturated heterocycles. The summed E-state index contributed by atoms with van der Waals surface area (Å²) in [6, 6.07) is 0. The molecule has 1 aliphatic heterocycles. The molecule has 24 heavy (non-hydrogen) atoms. The highest BCUT2D eigenvalue weighted by Crippen LogP contribution is 2.36. The first-order valence-electron chi connectivity index (χ1n) is 6.75. The van der Waals surface area contributed by atoms with E-state index in [9.17, 15) is 43.2 Å². The summed E-state index contributed by atoms with van der Waals surface area (Å²) in [5, 5.41) is 0. The summed E-state index contributed by atoms with van der Waals surface area (Å²) in [4.78, 5) is 0. The Hall–Kier alpha value is -0.600. The van der Waals surface area contributed by atoms with Crippen LogP contribution in [0.3, 0.4) is 0 Å². The van der Waals surface area contributed by atoms with Gasteiger partial charge in [-0.05, 0) is 13.8 Å². The summed E-state index contributed by atoms with van der Waals surface area (Å²) < 4.78 is 111. The zero-order chi connectivity index (χ0) is 19.4. The van der Waals surface area contributed by atoms with Crippen molar-refractivity contribution in [1.29, 1.82) is 0 Å². The average molecular weight is 408 g/mol. The lowest BCUT2D eigenvalue weighted by atomic mass is 10.4. The fourth-order valence-electron chi connectivity index (χ4n) is 2.08. The Morgan fingerprint density at radius 3 is 1.25 bits per heavy atom. The molecule has 0 N–H and O–H groups in total. The van der Waals surface area contributed by atoms with Crippen LogP contribution in [0.1, 0.15) is 26.7 Å². The van der Waals surface area contributed by atoms with Gasteiger partial charge in [0.25, 0.3) is 0 Å². The molecule has 1 aliphatic rings. The standard InChI is InChI=1S/C8H18N.C2F6NO4S2/c1-3-9(4-2)7-5-6-8-9;3-1(4,5)14(10,11)9-15(12,13)2(6,7)8/h3-8H2,1-2H3;/q+1;-1. The van der Waals surface area contributed by atoms with Gasteiger partial charge in [-0.3, -0.25) is 0 Å². The van der Waals surface area contributed by atoms with Crippen molar-refractivity contribution in [2.45, 2.75) is 37.7 Å². The Bertz CT molecular complexity index is 558. The number of alkyl halides is 6. The van der Waals surface area contributed by atoms with Gasteiger partial charge in [0.15, 0.2) is 20.0 Å². The zero-order valence-electron chi connectivity index (χ0n) is 12.9. The monoisotopic (exact) mass is 408 g/mol. The van der Waals surface area contributed by atoms with Gasteiger partial charge in [-0.2, -0.15) is 26.3 Å². The van der Waals surface area contributed by atoms with E-state index < -0.39 is 31.1 Å². The SMILES string of the molecule is CC[N+]1(CC)CCCC1.O=S(=O)([N-]S(=O)(=O)C(F)(F)F)C(F)(F)F. The second-order valence-electron chi connectivity index (χ2n) is 5.04. The lowest BCUT2D eigenvalue weighted by molar-refractivity contribution is -0.913. The van der Waals surface area contributed by atoms with E-state index in [0.29, 0.717) is 0 Å². The summed E-state index contributed by atoms with van der Waals surface area (Å²) in [5.41, 5.74) is -12.4. The maximum Gasteiger partial charge on any atom is 0.480 e. The van der Waals surface area contributed by atoms with Crippen molar-refractivity contribution in [2.75, 3.05) is 26.2 Å². The normalized spacial score (nSPS) is 18.8. The van der Waals surface area contributed by atoms with Crippen LogP contribution in [0.5, 0.6) is 0 Å². The van der Waals surface area contributed by atoms with Gasteiger partial charge in [0.2, 0.25) is 0 Å². The average Bonchev–Trinajstić information content (AvgIpc) is 2.85. The fraction of sp³-hybridized carbons (Fsp3) is 1.00. The van der Waals surface area contributed by atoms with E-state index in [2.05, 4.69) is 13.8 Å². The van der Waals surface area contributed by atoms with Crippen LogP contribution < -0.4 is 0 Å². The molecular weight excluding hydrogens is 390 g/mol. The molecule has 0 atom stereocenters. The molecule has 0 amide bonds. The molecule has 0 radical (unpaired) electrons. The lowest BCUT2D eigenvalue weighted by Gasteiger charge is -2.31. The van der Waals surface area contributed by atoms with Crippen LogP contribution >= 0.6 is 0 Å². The van der Waals surface area contributed by atoms with Crippen molar-refractivity contribution in [2.24, 2.45) is 0 Å². The van der Waals surface area contributed by atoms with Gasteiger partial charge >= 0.3 is 11.0 Å². The molecular formula is C10H18F6N2O4S2. The van der Waals surface area contributed by atoms with Crippen LogP contribution in [0.25, 0.3) is 4.13 Å². The summed E-state index contributed by atoms with van der Waals surface area (Å²) in [6.45, 7) is 10.2. The van der Waals surface area contributed by atoms with Crippen LogP contribution in [-0.2, 0) is 20.0 Å². The first-order valence-corrected chi connectivity index (χ1v) is 9.63. The van der Waals surface area contributed by atoms with Gasteiger partial charge in [0.1, 0.15) is 0 Å². The molecule has 0 aromatic rings. The third-order valence-corrected chi connectivity index (χ3v) is 6.38. The molecule has 0 spiro atoms. The zero-order valence-corrected chi connectivity index (χ0v) is 14.5. The highest BCUT2D eigenvalue weighted by Gasteiger charge is 2.46. The maximum absolute atomic E-state index is 11.4. The number of hydrogen-bond acceptors (Lipinski definition) is 4. The van der Waals surface area contributed by atoms with Crippen LogP contribution in [-0.4, -0.2) is 58.5 Å². The lowest BCUT2D eigenvalue weighted by Crippen LogP contribution is -2.44. The number of hydrogen-bond donors (Lipinski definition) is 0. The molecule has 1 heterocycles. The van der Waals surface area contributed by atoms with Gasteiger partial charge in [0.05, 0.1) is 26.2 Å². The van der Waals surface area contributed by atoms with E-state index in [4.69, 9.17) is 0 Å². The van der Waals surface area contributed by atoms with E-state index in [1.54, 1.807) is 0 Å². The summed E-state index contributed by atoms with van der Waals surface area (Å²) in [7, 11) is -13.4. The van der Waals surface area contributed by atoms with E-state index in [1.807, 2.05) is 0 Å². The maximum atomic E-state index is 11.4. The van der Waals surface area contributed by atoms with Crippen LogP contribution in [0.2, 0.25) is 0 Å². The Balaban J connectivity index is 0.000000496. The van der Waals surface area contributed by atoms with Crippen molar-refractivity contribution in [1.82, 2.24) is 0 Å². The Kier molecular flexibility index (Phi) is 7.55. The van der Waals surface area contributed by atoms with Crippen molar-refractivity contribution in [3.8, 4) is 0 Å². The van der Waals surface area contributed by atoms with Crippen LogP contribution in [0.4, 0.5) is 26.3 Å². The first kappa shape index (κ1) is 23.4. The molecule has 1 fully saturated rings. The van der Waals surface area contributed by atoms with Crippen LogP contribution in [0, 0.1) is 0 Å². The molecule has 0 aromatic carbocycles. The second-order valence-corrected chi connectivity index (χ2v) is 8.47. The fourth-order valence-corrected chi connectivity index (χ4v) is 3.79. The van der Waals surface area contributed by atoms with E-state index in [0.717, 1.165) is 4.13 Å². The smallest absolute Gasteiger partial charge is 0.421 e. The predicted octanol–water partition coefficient (Wildman–Crippen LogP) is 2.70. The molecule has 6 nitrogen and oxygen atoms in total. The minimum Gasteiger partial charge on any atom is -0.421 e. The molecule has 1 rings (SSSR count). The molecule has 0 aliphatic carbocycles. The van der Waals surface area contributed by atoms with Gasteiger partial charge in [0, 0.05) is 12.8 Å². The molecule has 0 unspecified atom stereocenters. The quantitative estimate of drug-likeness (QED) is 0.529. The summed E-state index contributed by atoms with van der Waals surface area (Å²) in [6.07, 6.45) is 2.92. The highest BCUT2D eigenvalue weighted by molar-refractivity contribution is 8.13. The minimum absolute atomic E-state index is 0.778. The first-order chi connectivity index (χ1) is 10.5. The van der Waals surface area contributed by atoms with E-state index in [1.165, 1.54) is 43.5 Å². The molecule has 0 saturated carbocycles. The van der Waals surface area contributed by atoms with Crippen molar-refractivity contribution in [3.63, 3.8) is 0 Å².